The minimum absolute atomic E-state index is 0.0259. The zero-order valence-electron chi connectivity index (χ0n) is 19.0. The van der Waals surface area contributed by atoms with E-state index in [0.717, 1.165) is 19.6 Å². The highest BCUT2D eigenvalue weighted by Gasteiger charge is 2.09. The minimum Gasteiger partial charge on any atom is -0.353 e. The third-order valence-electron chi connectivity index (χ3n) is 5.04. The quantitative estimate of drug-likeness (QED) is 0.106. The predicted molar refractivity (Wildman–Crippen MR) is 120 cm³/mol. The van der Waals surface area contributed by atoms with Crippen molar-refractivity contribution in [1.82, 2.24) is 0 Å². The topological polar surface area (TPSA) is 18.5 Å². The normalized spacial score (nSPS) is 11.9. The van der Waals surface area contributed by atoms with E-state index in [2.05, 4.69) is 32.9 Å². The van der Waals surface area contributed by atoms with Gasteiger partial charge in [-0.2, -0.15) is 0 Å². The second-order valence-electron chi connectivity index (χ2n) is 7.90. The highest BCUT2D eigenvalue weighted by molar-refractivity contribution is 4.80. The van der Waals surface area contributed by atoms with Crippen molar-refractivity contribution < 1.29 is 9.47 Å². The van der Waals surface area contributed by atoms with Crippen LogP contribution in [0.25, 0.3) is 0 Å². The lowest BCUT2D eigenvalue weighted by atomic mass is 10.1. The van der Waals surface area contributed by atoms with Crippen molar-refractivity contribution in [3.8, 4) is 0 Å². The number of hydrogen-bond donors (Lipinski definition) is 0. The highest BCUT2D eigenvalue weighted by Crippen LogP contribution is 2.13. The average molecular weight is 383 g/mol. The molecule has 0 aromatic carbocycles. The first-order chi connectivity index (χ1) is 13.3. The summed E-state index contributed by atoms with van der Waals surface area (Å²) in [6.45, 7) is 8.49. The SMILES string of the molecule is CCC/C=C\CCCCCC(OCCCCCCC)OCCCCCCC. The molecular weight excluding hydrogens is 332 g/mol. The molecule has 0 aliphatic carbocycles. The highest BCUT2D eigenvalue weighted by atomic mass is 16.7. The van der Waals surface area contributed by atoms with E-state index in [9.17, 15) is 0 Å². The average Bonchev–Trinajstić information content (AvgIpc) is 2.68. The lowest BCUT2D eigenvalue weighted by Crippen LogP contribution is -2.19. The fraction of sp³-hybridized carbons (Fsp3) is 0.920. The molecule has 0 bridgehead atoms. The van der Waals surface area contributed by atoms with Crippen molar-refractivity contribution in [2.75, 3.05) is 13.2 Å². The zero-order chi connectivity index (χ0) is 19.8. The lowest BCUT2D eigenvalue weighted by Gasteiger charge is -2.19. The number of allylic oxidation sites excluding steroid dienone is 2. The summed E-state index contributed by atoms with van der Waals surface area (Å²) in [5.41, 5.74) is 0. The molecule has 0 heterocycles. The van der Waals surface area contributed by atoms with Gasteiger partial charge in [-0.25, -0.2) is 0 Å². The number of ether oxygens (including phenoxy) is 2. The van der Waals surface area contributed by atoms with Crippen LogP contribution in [0.1, 0.15) is 130 Å². The van der Waals surface area contributed by atoms with Gasteiger partial charge in [-0.15, -0.1) is 0 Å². The summed E-state index contributed by atoms with van der Waals surface area (Å²) in [6, 6.07) is 0. The van der Waals surface area contributed by atoms with Crippen molar-refractivity contribution in [3.63, 3.8) is 0 Å². The summed E-state index contributed by atoms with van der Waals surface area (Å²) < 4.78 is 12.1. The molecule has 0 aliphatic heterocycles. The van der Waals surface area contributed by atoms with Gasteiger partial charge < -0.3 is 9.47 Å². The number of hydrogen-bond acceptors (Lipinski definition) is 2. The monoisotopic (exact) mass is 382 g/mol. The fourth-order valence-electron chi connectivity index (χ4n) is 3.21. The Morgan fingerprint density at radius 3 is 1.59 bits per heavy atom. The van der Waals surface area contributed by atoms with Crippen LogP contribution in [0.3, 0.4) is 0 Å². The van der Waals surface area contributed by atoms with E-state index in [4.69, 9.17) is 9.47 Å². The van der Waals surface area contributed by atoms with Gasteiger partial charge in [0.25, 0.3) is 0 Å². The first kappa shape index (κ1) is 26.7. The summed E-state index contributed by atoms with van der Waals surface area (Å²) >= 11 is 0. The molecule has 2 heteroatoms. The first-order valence-electron chi connectivity index (χ1n) is 12.2. The van der Waals surface area contributed by atoms with Crippen molar-refractivity contribution >= 4 is 0 Å². The second-order valence-corrected chi connectivity index (χ2v) is 7.90. The van der Waals surface area contributed by atoms with Gasteiger partial charge in [-0.3, -0.25) is 0 Å². The number of rotatable bonds is 22. The second kappa shape index (κ2) is 23.7. The molecule has 2 nitrogen and oxygen atoms in total. The molecule has 0 saturated carbocycles. The van der Waals surface area contributed by atoms with E-state index in [0.29, 0.717) is 0 Å². The molecule has 0 amide bonds. The Kier molecular flexibility index (Phi) is 23.4. The van der Waals surface area contributed by atoms with E-state index < -0.39 is 0 Å². The molecule has 0 fully saturated rings. The Morgan fingerprint density at radius 1 is 0.519 bits per heavy atom. The Morgan fingerprint density at radius 2 is 1.04 bits per heavy atom. The molecule has 162 valence electrons. The van der Waals surface area contributed by atoms with E-state index in [1.165, 1.54) is 103 Å². The molecule has 0 spiro atoms. The molecule has 27 heavy (non-hydrogen) atoms. The van der Waals surface area contributed by atoms with Gasteiger partial charge in [0, 0.05) is 13.2 Å². The van der Waals surface area contributed by atoms with Crippen molar-refractivity contribution in [2.24, 2.45) is 0 Å². The molecule has 0 unspecified atom stereocenters. The maximum atomic E-state index is 6.07. The third kappa shape index (κ3) is 21.8. The summed E-state index contributed by atoms with van der Waals surface area (Å²) in [5.74, 6) is 0. The van der Waals surface area contributed by atoms with E-state index in [1.807, 2.05) is 0 Å². The Balaban J connectivity index is 3.83. The zero-order valence-corrected chi connectivity index (χ0v) is 19.0. The maximum absolute atomic E-state index is 6.07. The standard InChI is InChI=1S/C25H50O2/c1-4-7-10-13-14-15-16-19-22-25(26-23-20-17-11-8-5-2)27-24-21-18-12-9-6-3/h10,13,25H,4-9,11-12,14-24H2,1-3H3/b13-10-. The van der Waals surface area contributed by atoms with Crippen LogP contribution in [0.2, 0.25) is 0 Å². The van der Waals surface area contributed by atoms with Crippen molar-refractivity contribution in [3.05, 3.63) is 12.2 Å². The summed E-state index contributed by atoms with van der Waals surface area (Å²) in [5, 5.41) is 0. The van der Waals surface area contributed by atoms with E-state index in [-0.39, 0.29) is 6.29 Å². The molecule has 0 atom stereocenters. The van der Waals surface area contributed by atoms with Crippen molar-refractivity contribution in [2.45, 2.75) is 136 Å². The van der Waals surface area contributed by atoms with Gasteiger partial charge in [-0.1, -0.05) is 97.1 Å². The van der Waals surface area contributed by atoms with Gasteiger partial charge >= 0.3 is 0 Å². The van der Waals surface area contributed by atoms with Crippen LogP contribution < -0.4 is 0 Å². The summed E-state index contributed by atoms with van der Waals surface area (Å²) in [4.78, 5) is 0. The lowest BCUT2D eigenvalue weighted by molar-refractivity contribution is -0.148. The van der Waals surface area contributed by atoms with E-state index >= 15 is 0 Å². The smallest absolute Gasteiger partial charge is 0.157 e. The summed E-state index contributed by atoms with van der Waals surface area (Å²) in [6.07, 6.45) is 26.2. The Hall–Kier alpha value is -0.340. The molecule has 0 radical (unpaired) electrons. The Bertz CT molecular complexity index is 272. The minimum atomic E-state index is 0.0259. The van der Waals surface area contributed by atoms with Gasteiger partial charge in [0.2, 0.25) is 0 Å². The maximum Gasteiger partial charge on any atom is 0.157 e. The molecule has 0 N–H and O–H groups in total. The molecule has 0 aromatic rings. The van der Waals surface area contributed by atoms with Crippen LogP contribution in [0.15, 0.2) is 12.2 Å². The van der Waals surface area contributed by atoms with Crippen LogP contribution in [0.5, 0.6) is 0 Å². The third-order valence-corrected chi connectivity index (χ3v) is 5.04. The molecular formula is C25H50O2. The molecule has 0 rings (SSSR count). The van der Waals surface area contributed by atoms with Gasteiger partial charge in [0.1, 0.15) is 0 Å². The van der Waals surface area contributed by atoms with Crippen LogP contribution in [0.4, 0.5) is 0 Å². The van der Waals surface area contributed by atoms with E-state index in [1.54, 1.807) is 0 Å². The van der Waals surface area contributed by atoms with Crippen LogP contribution in [-0.4, -0.2) is 19.5 Å². The van der Waals surface area contributed by atoms with Crippen LogP contribution in [-0.2, 0) is 9.47 Å². The predicted octanol–water partition coefficient (Wildman–Crippen LogP) is 8.59. The fourth-order valence-corrected chi connectivity index (χ4v) is 3.21. The summed E-state index contributed by atoms with van der Waals surface area (Å²) in [7, 11) is 0. The molecule has 0 aromatic heterocycles. The molecule has 0 aliphatic rings. The van der Waals surface area contributed by atoms with Crippen molar-refractivity contribution in [1.29, 1.82) is 0 Å². The van der Waals surface area contributed by atoms with Gasteiger partial charge in [0.15, 0.2) is 6.29 Å². The van der Waals surface area contributed by atoms with Crippen LogP contribution >= 0.6 is 0 Å². The number of unbranched alkanes of at least 4 members (excludes halogenated alkanes) is 12. The largest absolute Gasteiger partial charge is 0.353 e. The van der Waals surface area contributed by atoms with Gasteiger partial charge in [0.05, 0.1) is 0 Å². The van der Waals surface area contributed by atoms with Gasteiger partial charge in [-0.05, 0) is 44.9 Å². The Labute approximate surface area is 171 Å². The first-order valence-corrected chi connectivity index (χ1v) is 12.2. The van der Waals surface area contributed by atoms with Crippen LogP contribution in [0, 0.1) is 0 Å². The molecule has 0 saturated heterocycles.